The zero-order valence-electron chi connectivity index (χ0n) is 9.32. The largest absolute Gasteiger partial charge is 0.307 e. The predicted molar refractivity (Wildman–Crippen MR) is 60.4 cm³/mol. The van der Waals surface area contributed by atoms with E-state index in [1.807, 2.05) is 18.5 Å². The van der Waals surface area contributed by atoms with Gasteiger partial charge >= 0.3 is 0 Å². The standard InChI is InChI=1S/C12H19N3/c1-2-13-11(10-6-3-4-7-10)12-14-8-5-9-15-12/h5,8-11,13H,2-4,6-7H2,1H3. The van der Waals surface area contributed by atoms with Gasteiger partial charge in [0, 0.05) is 12.4 Å². The van der Waals surface area contributed by atoms with Crippen LogP contribution in [0.25, 0.3) is 0 Å². The molecule has 15 heavy (non-hydrogen) atoms. The Labute approximate surface area is 91.3 Å². The maximum atomic E-state index is 4.37. The van der Waals surface area contributed by atoms with Gasteiger partial charge in [-0.3, -0.25) is 0 Å². The van der Waals surface area contributed by atoms with E-state index in [1.165, 1.54) is 25.7 Å². The van der Waals surface area contributed by atoms with Crippen molar-refractivity contribution in [2.75, 3.05) is 6.54 Å². The summed E-state index contributed by atoms with van der Waals surface area (Å²) in [6, 6.07) is 2.24. The third kappa shape index (κ3) is 2.53. The summed E-state index contributed by atoms with van der Waals surface area (Å²) in [7, 11) is 0. The number of hydrogen-bond donors (Lipinski definition) is 1. The smallest absolute Gasteiger partial charge is 0.145 e. The molecular weight excluding hydrogens is 186 g/mol. The summed E-state index contributed by atoms with van der Waals surface area (Å²) in [6.07, 6.45) is 9.02. The molecule has 1 aliphatic rings. The average molecular weight is 205 g/mol. The second kappa shape index (κ2) is 5.21. The van der Waals surface area contributed by atoms with Gasteiger partial charge in [0.2, 0.25) is 0 Å². The highest BCUT2D eigenvalue weighted by molar-refractivity contribution is 4.99. The molecule has 1 aliphatic carbocycles. The van der Waals surface area contributed by atoms with Crippen LogP contribution >= 0.6 is 0 Å². The third-order valence-electron chi connectivity index (χ3n) is 3.16. The van der Waals surface area contributed by atoms with Gasteiger partial charge in [-0.05, 0) is 31.4 Å². The fourth-order valence-electron chi connectivity index (χ4n) is 2.45. The monoisotopic (exact) mass is 205 g/mol. The zero-order valence-corrected chi connectivity index (χ0v) is 9.32. The molecular formula is C12H19N3. The van der Waals surface area contributed by atoms with Gasteiger partial charge in [-0.25, -0.2) is 9.97 Å². The van der Waals surface area contributed by atoms with E-state index in [0.29, 0.717) is 6.04 Å². The molecule has 1 fully saturated rings. The highest BCUT2D eigenvalue weighted by Crippen LogP contribution is 2.34. The molecule has 3 heteroatoms. The lowest BCUT2D eigenvalue weighted by molar-refractivity contribution is 0.359. The molecule has 1 heterocycles. The van der Waals surface area contributed by atoms with Crippen LogP contribution in [0.4, 0.5) is 0 Å². The number of nitrogens with zero attached hydrogens (tertiary/aromatic N) is 2. The minimum Gasteiger partial charge on any atom is -0.307 e. The van der Waals surface area contributed by atoms with Gasteiger partial charge in [0.25, 0.3) is 0 Å². The molecule has 82 valence electrons. The van der Waals surface area contributed by atoms with Crippen LogP contribution in [0.15, 0.2) is 18.5 Å². The molecule has 1 unspecified atom stereocenters. The number of nitrogens with one attached hydrogen (secondary N) is 1. The van der Waals surface area contributed by atoms with Crippen LogP contribution < -0.4 is 5.32 Å². The van der Waals surface area contributed by atoms with Crippen LogP contribution in [0.2, 0.25) is 0 Å². The van der Waals surface area contributed by atoms with Gasteiger partial charge in [-0.15, -0.1) is 0 Å². The first-order chi connectivity index (χ1) is 7.42. The molecule has 0 aromatic carbocycles. The predicted octanol–water partition coefficient (Wildman–Crippen LogP) is 2.32. The minimum absolute atomic E-state index is 0.360. The Hall–Kier alpha value is -0.960. The second-order valence-electron chi connectivity index (χ2n) is 4.19. The Morgan fingerprint density at radius 2 is 2.00 bits per heavy atom. The van der Waals surface area contributed by atoms with Crippen LogP contribution in [0.1, 0.15) is 44.5 Å². The summed E-state index contributed by atoms with van der Waals surface area (Å²) in [4.78, 5) is 8.74. The molecule has 1 atom stereocenters. The first kappa shape index (κ1) is 10.6. The summed E-state index contributed by atoms with van der Waals surface area (Å²) in [5, 5.41) is 3.52. The van der Waals surface area contributed by atoms with Crippen molar-refractivity contribution in [2.24, 2.45) is 5.92 Å². The molecule has 2 rings (SSSR count). The van der Waals surface area contributed by atoms with Crippen LogP contribution in [-0.4, -0.2) is 16.5 Å². The molecule has 0 spiro atoms. The van der Waals surface area contributed by atoms with E-state index in [9.17, 15) is 0 Å². The molecule has 0 bridgehead atoms. The van der Waals surface area contributed by atoms with Gasteiger partial charge in [-0.1, -0.05) is 19.8 Å². The van der Waals surface area contributed by atoms with E-state index in [0.717, 1.165) is 18.3 Å². The van der Waals surface area contributed by atoms with Crippen molar-refractivity contribution in [3.63, 3.8) is 0 Å². The van der Waals surface area contributed by atoms with Crippen LogP contribution in [0.3, 0.4) is 0 Å². The molecule has 0 radical (unpaired) electrons. The van der Waals surface area contributed by atoms with Crippen molar-refractivity contribution in [3.8, 4) is 0 Å². The molecule has 3 nitrogen and oxygen atoms in total. The van der Waals surface area contributed by atoms with Gasteiger partial charge in [-0.2, -0.15) is 0 Å². The molecule has 1 saturated carbocycles. The fourth-order valence-corrected chi connectivity index (χ4v) is 2.45. The lowest BCUT2D eigenvalue weighted by Crippen LogP contribution is -2.28. The zero-order chi connectivity index (χ0) is 10.5. The average Bonchev–Trinajstić information content (AvgIpc) is 2.80. The van der Waals surface area contributed by atoms with E-state index in [1.54, 1.807) is 0 Å². The summed E-state index contributed by atoms with van der Waals surface area (Å²) in [5.74, 6) is 1.69. The first-order valence-corrected chi connectivity index (χ1v) is 5.92. The van der Waals surface area contributed by atoms with Crippen molar-refractivity contribution in [1.82, 2.24) is 15.3 Å². The highest BCUT2D eigenvalue weighted by Gasteiger charge is 2.27. The highest BCUT2D eigenvalue weighted by atomic mass is 15.0. The quantitative estimate of drug-likeness (QED) is 0.819. The van der Waals surface area contributed by atoms with Crippen molar-refractivity contribution in [3.05, 3.63) is 24.3 Å². The normalized spacial score (nSPS) is 19.3. The summed E-state index contributed by atoms with van der Waals surface area (Å²) < 4.78 is 0. The van der Waals surface area contributed by atoms with Crippen LogP contribution in [0, 0.1) is 5.92 Å². The lowest BCUT2D eigenvalue weighted by atomic mass is 9.97. The SMILES string of the molecule is CCNC(c1ncccn1)C1CCCC1. The van der Waals surface area contributed by atoms with Crippen LogP contribution in [-0.2, 0) is 0 Å². The Bertz CT molecular complexity index is 280. The number of aromatic nitrogens is 2. The maximum absolute atomic E-state index is 4.37. The van der Waals surface area contributed by atoms with E-state index < -0.39 is 0 Å². The van der Waals surface area contributed by atoms with Gasteiger partial charge in [0.05, 0.1) is 6.04 Å². The van der Waals surface area contributed by atoms with Crippen molar-refractivity contribution in [1.29, 1.82) is 0 Å². The number of rotatable bonds is 4. The molecule has 1 aromatic rings. The molecule has 0 aliphatic heterocycles. The van der Waals surface area contributed by atoms with Crippen molar-refractivity contribution in [2.45, 2.75) is 38.6 Å². The molecule has 0 amide bonds. The second-order valence-corrected chi connectivity index (χ2v) is 4.19. The fraction of sp³-hybridized carbons (Fsp3) is 0.667. The van der Waals surface area contributed by atoms with E-state index in [4.69, 9.17) is 0 Å². The van der Waals surface area contributed by atoms with Gasteiger partial charge < -0.3 is 5.32 Å². The Morgan fingerprint density at radius 3 is 2.60 bits per heavy atom. The molecule has 1 N–H and O–H groups in total. The summed E-state index contributed by atoms with van der Waals surface area (Å²) >= 11 is 0. The van der Waals surface area contributed by atoms with Gasteiger partial charge in [0.1, 0.15) is 5.82 Å². The van der Waals surface area contributed by atoms with Crippen molar-refractivity contribution < 1.29 is 0 Å². The number of hydrogen-bond acceptors (Lipinski definition) is 3. The van der Waals surface area contributed by atoms with E-state index in [2.05, 4.69) is 22.2 Å². The minimum atomic E-state index is 0.360. The van der Waals surface area contributed by atoms with Crippen molar-refractivity contribution >= 4 is 0 Å². The Kier molecular flexibility index (Phi) is 3.67. The summed E-state index contributed by atoms with van der Waals surface area (Å²) in [6.45, 7) is 3.13. The van der Waals surface area contributed by atoms with E-state index >= 15 is 0 Å². The first-order valence-electron chi connectivity index (χ1n) is 5.92. The molecule has 1 aromatic heterocycles. The molecule has 0 saturated heterocycles. The third-order valence-corrected chi connectivity index (χ3v) is 3.16. The topological polar surface area (TPSA) is 37.8 Å². The Balaban J connectivity index is 2.11. The van der Waals surface area contributed by atoms with Crippen LogP contribution in [0.5, 0.6) is 0 Å². The summed E-state index contributed by atoms with van der Waals surface area (Å²) in [5.41, 5.74) is 0. The Morgan fingerprint density at radius 1 is 1.33 bits per heavy atom. The van der Waals surface area contributed by atoms with E-state index in [-0.39, 0.29) is 0 Å². The lowest BCUT2D eigenvalue weighted by Gasteiger charge is -2.22. The maximum Gasteiger partial charge on any atom is 0.145 e. The van der Waals surface area contributed by atoms with Gasteiger partial charge in [0.15, 0.2) is 0 Å².